The van der Waals surface area contributed by atoms with Gasteiger partial charge in [-0.25, -0.2) is 0 Å². The van der Waals surface area contributed by atoms with Gasteiger partial charge in [-0.3, -0.25) is 0 Å². The number of hydrogen-bond acceptors (Lipinski definition) is 1. The van der Waals surface area contributed by atoms with E-state index in [1.165, 1.54) is 11.1 Å². The fourth-order valence-corrected chi connectivity index (χ4v) is 1.66. The van der Waals surface area contributed by atoms with E-state index < -0.39 is 0 Å². The molecule has 2 rings (SSSR count). The first-order valence-electron chi connectivity index (χ1n) is 3.23. The van der Waals surface area contributed by atoms with Gasteiger partial charge in [0, 0.05) is 12.0 Å². The van der Waals surface area contributed by atoms with Crippen molar-refractivity contribution in [3.05, 3.63) is 28.1 Å². The topological polar surface area (TPSA) is 13.1 Å². The smallest absolute Gasteiger partial charge is 0.170 e. The zero-order valence-electron chi connectivity index (χ0n) is 5.65. The standard InChI is InChI=1S/C8H7BrO/c1-5-2-3-7-6(5)4-8(9)10-7/h2,4H,3H2,1H3. The van der Waals surface area contributed by atoms with Crippen molar-refractivity contribution >= 4 is 21.5 Å². The molecule has 1 aromatic heterocycles. The molecule has 0 aromatic carbocycles. The average molecular weight is 199 g/mol. The third kappa shape index (κ3) is 0.754. The highest BCUT2D eigenvalue weighted by Crippen LogP contribution is 2.31. The molecule has 1 aliphatic rings. The van der Waals surface area contributed by atoms with Gasteiger partial charge in [0.25, 0.3) is 0 Å². The van der Waals surface area contributed by atoms with Gasteiger partial charge in [-0.15, -0.1) is 0 Å². The Balaban J connectivity index is 2.59. The molecular formula is C8H7BrO. The Bertz CT molecular complexity index is 296. The van der Waals surface area contributed by atoms with E-state index in [0.717, 1.165) is 16.9 Å². The van der Waals surface area contributed by atoms with Gasteiger partial charge in [-0.05, 0) is 34.5 Å². The SMILES string of the molecule is CC1=CCc2oc(Br)cc21. The van der Waals surface area contributed by atoms with Crippen LogP contribution in [-0.2, 0) is 6.42 Å². The Morgan fingerprint density at radius 1 is 1.60 bits per heavy atom. The molecule has 0 radical (unpaired) electrons. The number of hydrogen-bond donors (Lipinski definition) is 0. The molecule has 1 aliphatic carbocycles. The van der Waals surface area contributed by atoms with Gasteiger partial charge >= 0.3 is 0 Å². The van der Waals surface area contributed by atoms with Gasteiger partial charge in [0.1, 0.15) is 5.76 Å². The summed E-state index contributed by atoms with van der Waals surface area (Å²) in [5, 5.41) is 0. The summed E-state index contributed by atoms with van der Waals surface area (Å²) in [4.78, 5) is 0. The largest absolute Gasteiger partial charge is 0.453 e. The van der Waals surface area contributed by atoms with Crippen molar-refractivity contribution in [2.24, 2.45) is 0 Å². The molecule has 0 N–H and O–H groups in total. The van der Waals surface area contributed by atoms with Crippen LogP contribution in [0.3, 0.4) is 0 Å². The zero-order valence-corrected chi connectivity index (χ0v) is 7.23. The van der Waals surface area contributed by atoms with Crippen molar-refractivity contribution in [2.45, 2.75) is 13.3 Å². The summed E-state index contributed by atoms with van der Waals surface area (Å²) >= 11 is 3.29. The second-order valence-electron chi connectivity index (χ2n) is 2.48. The van der Waals surface area contributed by atoms with Crippen molar-refractivity contribution in [1.82, 2.24) is 0 Å². The van der Waals surface area contributed by atoms with Crippen LogP contribution >= 0.6 is 15.9 Å². The van der Waals surface area contributed by atoms with Crippen LogP contribution in [0.15, 0.2) is 21.2 Å². The van der Waals surface area contributed by atoms with E-state index in [9.17, 15) is 0 Å². The van der Waals surface area contributed by atoms with E-state index in [0.29, 0.717) is 0 Å². The van der Waals surface area contributed by atoms with Gasteiger partial charge in [0.15, 0.2) is 4.67 Å². The first-order chi connectivity index (χ1) is 4.77. The minimum absolute atomic E-state index is 0.838. The lowest BCUT2D eigenvalue weighted by Gasteiger charge is -1.85. The molecule has 0 bridgehead atoms. The highest BCUT2D eigenvalue weighted by molar-refractivity contribution is 9.10. The maximum absolute atomic E-state index is 5.36. The summed E-state index contributed by atoms with van der Waals surface area (Å²) in [6.07, 6.45) is 3.13. The molecule has 1 aromatic rings. The molecule has 0 saturated heterocycles. The maximum atomic E-state index is 5.36. The lowest BCUT2D eigenvalue weighted by atomic mass is 10.2. The molecule has 0 spiro atoms. The molecule has 52 valence electrons. The molecule has 10 heavy (non-hydrogen) atoms. The Labute approximate surface area is 67.9 Å². The number of rotatable bonds is 0. The Morgan fingerprint density at radius 3 is 3.10 bits per heavy atom. The molecule has 0 aliphatic heterocycles. The van der Waals surface area contributed by atoms with E-state index in [1.54, 1.807) is 0 Å². The molecule has 0 fully saturated rings. The Hall–Kier alpha value is -0.500. The third-order valence-electron chi connectivity index (χ3n) is 1.80. The zero-order chi connectivity index (χ0) is 7.14. The second-order valence-corrected chi connectivity index (χ2v) is 3.26. The Morgan fingerprint density at radius 2 is 2.40 bits per heavy atom. The molecular weight excluding hydrogens is 192 g/mol. The van der Waals surface area contributed by atoms with Gasteiger partial charge < -0.3 is 4.42 Å². The lowest BCUT2D eigenvalue weighted by Crippen LogP contribution is -1.70. The molecule has 0 saturated carbocycles. The van der Waals surface area contributed by atoms with Crippen molar-refractivity contribution in [2.75, 3.05) is 0 Å². The molecule has 1 heterocycles. The van der Waals surface area contributed by atoms with Crippen molar-refractivity contribution in [1.29, 1.82) is 0 Å². The summed E-state index contributed by atoms with van der Waals surface area (Å²) in [6.45, 7) is 2.10. The first-order valence-corrected chi connectivity index (χ1v) is 4.02. The van der Waals surface area contributed by atoms with Crippen LogP contribution in [0, 0.1) is 0 Å². The third-order valence-corrected chi connectivity index (χ3v) is 2.19. The van der Waals surface area contributed by atoms with Gasteiger partial charge in [0.2, 0.25) is 0 Å². The Kier molecular flexibility index (Phi) is 1.24. The van der Waals surface area contributed by atoms with Crippen LogP contribution in [0.5, 0.6) is 0 Å². The molecule has 0 amide bonds. The maximum Gasteiger partial charge on any atom is 0.170 e. The van der Waals surface area contributed by atoms with E-state index in [1.807, 2.05) is 6.07 Å². The van der Waals surface area contributed by atoms with Gasteiger partial charge in [0.05, 0.1) is 0 Å². The molecule has 0 atom stereocenters. The van der Waals surface area contributed by atoms with E-state index in [2.05, 4.69) is 28.9 Å². The number of halogens is 1. The summed E-state index contributed by atoms with van der Waals surface area (Å²) in [7, 11) is 0. The molecule has 2 heteroatoms. The van der Waals surface area contributed by atoms with Crippen LogP contribution in [0.2, 0.25) is 0 Å². The fraction of sp³-hybridized carbons (Fsp3) is 0.250. The van der Waals surface area contributed by atoms with Crippen LogP contribution in [0.25, 0.3) is 5.57 Å². The highest BCUT2D eigenvalue weighted by Gasteiger charge is 2.14. The monoisotopic (exact) mass is 198 g/mol. The summed E-state index contributed by atoms with van der Waals surface area (Å²) in [5.74, 6) is 1.09. The van der Waals surface area contributed by atoms with E-state index in [4.69, 9.17) is 4.42 Å². The molecule has 0 unspecified atom stereocenters. The van der Waals surface area contributed by atoms with Gasteiger partial charge in [-0.2, -0.15) is 0 Å². The minimum atomic E-state index is 0.838. The van der Waals surface area contributed by atoms with Crippen LogP contribution in [0.4, 0.5) is 0 Å². The van der Waals surface area contributed by atoms with E-state index >= 15 is 0 Å². The van der Waals surface area contributed by atoms with Gasteiger partial charge in [-0.1, -0.05) is 6.08 Å². The summed E-state index contributed by atoms with van der Waals surface area (Å²) in [5.41, 5.74) is 2.58. The van der Waals surface area contributed by atoms with Crippen molar-refractivity contribution in [3.8, 4) is 0 Å². The lowest BCUT2D eigenvalue weighted by molar-refractivity contribution is 0.501. The number of fused-ring (bicyclic) bond motifs is 1. The van der Waals surface area contributed by atoms with Crippen LogP contribution in [0.1, 0.15) is 18.2 Å². The summed E-state index contributed by atoms with van der Waals surface area (Å²) in [6, 6.07) is 2.02. The highest BCUT2D eigenvalue weighted by atomic mass is 79.9. The predicted molar refractivity (Wildman–Crippen MR) is 43.8 cm³/mol. The van der Waals surface area contributed by atoms with E-state index in [-0.39, 0.29) is 0 Å². The number of allylic oxidation sites excluding steroid dienone is 2. The quantitative estimate of drug-likeness (QED) is 0.625. The fourth-order valence-electron chi connectivity index (χ4n) is 1.24. The first kappa shape index (κ1) is 6.23. The second kappa shape index (κ2) is 1.99. The van der Waals surface area contributed by atoms with Crippen LogP contribution in [-0.4, -0.2) is 0 Å². The number of furan rings is 1. The van der Waals surface area contributed by atoms with Crippen molar-refractivity contribution in [3.63, 3.8) is 0 Å². The molecule has 1 nitrogen and oxygen atoms in total. The summed E-state index contributed by atoms with van der Waals surface area (Å²) < 4.78 is 6.20. The van der Waals surface area contributed by atoms with Crippen molar-refractivity contribution < 1.29 is 4.42 Å². The average Bonchev–Trinajstić information content (AvgIpc) is 2.35. The van der Waals surface area contributed by atoms with Crippen LogP contribution < -0.4 is 0 Å². The normalized spacial score (nSPS) is 15.2. The minimum Gasteiger partial charge on any atom is -0.453 e. The predicted octanol–water partition coefficient (Wildman–Crippen LogP) is 3.00.